The van der Waals surface area contributed by atoms with Crippen LogP contribution in [0.1, 0.15) is 162 Å². The summed E-state index contributed by atoms with van der Waals surface area (Å²) in [4.78, 5) is 28.8. The van der Waals surface area contributed by atoms with Gasteiger partial charge in [-0.25, -0.2) is 0 Å². The van der Waals surface area contributed by atoms with E-state index in [1.54, 1.807) is 0 Å². The standard InChI is InChI=1S/C42H74N12O6S2/c1-35(2)17-25(18-36(3,4)51(35)55)43-29-45-31(59-27-21-39(9,10)53(57)40(11,12)22-27)49-33(47-29)61-62-34-48-30(44-26-19-37(5,6)52(56)38(7,8)20-26)46-32(50-34)60-28-23-41(13,14)54(58)42(15,16)24-28/h25-28,55-58H,17-24H2,1-16H3,(H,43,45,47,49)(H,44,46,48,50). The Morgan fingerprint density at radius 1 is 0.403 bits per heavy atom. The van der Waals surface area contributed by atoms with Crippen molar-refractivity contribution in [2.45, 2.75) is 241 Å². The number of aromatic nitrogens is 6. The second-order valence-electron chi connectivity index (χ2n) is 23.2. The number of ether oxygens (including phenoxy) is 2. The van der Waals surface area contributed by atoms with Gasteiger partial charge in [-0.3, -0.25) is 0 Å². The van der Waals surface area contributed by atoms with E-state index in [9.17, 15) is 20.8 Å². The summed E-state index contributed by atoms with van der Waals surface area (Å²) >= 11 is 0. The van der Waals surface area contributed by atoms with E-state index < -0.39 is 44.3 Å². The second-order valence-corrected chi connectivity index (χ2v) is 25.2. The Kier molecular flexibility index (Phi) is 13.3. The number of anilines is 2. The Morgan fingerprint density at radius 3 is 0.903 bits per heavy atom. The molecule has 0 amide bonds. The van der Waals surface area contributed by atoms with Crippen molar-refractivity contribution in [1.82, 2.24) is 50.2 Å². The molecule has 4 aliphatic heterocycles. The van der Waals surface area contributed by atoms with Crippen molar-refractivity contribution in [3.63, 3.8) is 0 Å². The SMILES string of the molecule is CC1(C)CC(Nc2nc(OC3CC(C)(C)N(O)C(C)(C)C3)nc(SSc3nc(NC4CC(C)(C)N(O)C(C)(C)C4)nc(OC4CC(C)(C)N(O)C(C)(C)C4)n3)n2)CC(C)(C)N1O. The van der Waals surface area contributed by atoms with Crippen molar-refractivity contribution in [3.8, 4) is 12.0 Å². The van der Waals surface area contributed by atoms with Gasteiger partial charge in [0.05, 0.1) is 0 Å². The van der Waals surface area contributed by atoms with Crippen LogP contribution in [0.25, 0.3) is 0 Å². The summed E-state index contributed by atoms with van der Waals surface area (Å²) in [5.74, 6) is 0.698. The summed E-state index contributed by atoms with van der Waals surface area (Å²) in [5.41, 5.74) is -4.19. The predicted octanol–water partition coefficient (Wildman–Crippen LogP) is 8.08. The van der Waals surface area contributed by atoms with Crippen molar-refractivity contribution in [3.05, 3.63) is 0 Å². The van der Waals surface area contributed by atoms with Crippen molar-refractivity contribution >= 4 is 33.5 Å². The molecule has 6 heterocycles. The van der Waals surface area contributed by atoms with Gasteiger partial charge in [0.25, 0.3) is 0 Å². The first-order valence-corrected chi connectivity index (χ1v) is 24.0. The number of hydroxylamine groups is 8. The van der Waals surface area contributed by atoms with Gasteiger partial charge in [0, 0.05) is 82.1 Å². The van der Waals surface area contributed by atoms with Crippen molar-refractivity contribution in [1.29, 1.82) is 0 Å². The molecule has 350 valence electrons. The van der Waals surface area contributed by atoms with E-state index in [4.69, 9.17) is 39.4 Å². The lowest BCUT2D eigenvalue weighted by Crippen LogP contribution is -2.61. The lowest BCUT2D eigenvalue weighted by molar-refractivity contribution is -0.255. The highest BCUT2D eigenvalue weighted by atomic mass is 33.1. The zero-order chi connectivity index (χ0) is 46.2. The Hall–Kier alpha value is -2.40. The Bertz CT molecular complexity index is 1600. The summed E-state index contributed by atoms with van der Waals surface area (Å²) in [7, 11) is 2.51. The minimum atomic E-state index is -0.547. The Labute approximate surface area is 376 Å². The molecule has 18 nitrogen and oxygen atoms in total. The van der Waals surface area contributed by atoms with E-state index in [2.05, 4.69) is 10.6 Å². The molecule has 0 radical (unpaired) electrons. The highest BCUT2D eigenvalue weighted by molar-refractivity contribution is 8.76. The van der Waals surface area contributed by atoms with Gasteiger partial charge in [0.15, 0.2) is 0 Å². The van der Waals surface area contributed by atoms with Gasteiger partial charge in [0.1, 0.15) is 12.2 Å². The summed E-state index contributed by atoms with van der Waals surface area (Å²) < 4.78 is 13.1. The first-order chi connectivity index (χ1) is 28.2. The lowest BCUT2D eigenvalue weighted by atomic mass is 9.79. The second kappa shape index (κ2) is 16.8. The van der Waals surface area contributed by atoms with Crippen molar-refractivity contribution < 1.29 is 30.3 Å². The Balaban J connectivity index is 1.31. The maximum absolute atomic E-state index is 11.0. The molecule has 0 spiro atoms. The molecule has 4 saturated heterocycles. The van der Waals surface area contributed by atoms with E-state index in [0.717, 1.165) is 0 Å². The number of rotatable bonds is 11. The van der Waals surface area contributed by atoms with E-state index in [0.29, 0.717) is 73.6 Å². The molecule has 6 rings (SSSR count). The van der Waals surface area contributed by atoms with Crippen LogP contribution in [0.2, 0.25) is 0 Å². The maximum Gasteiger partial charge on any atom is 0.322 e. The van der Waals surface area contributed by atoms with Crippen LogP contribution in [0, 0.1) is 0 Å². The normalized spacial score (nSPS) is 26.8. The molecule has 0 unspecified atom stereocenters. The minimum absolute atomic E-state index is 0.0585. The lowest BCUT2D eigenvalue weighted by Gasteiger charge is -2.51. The van der Waals surface area contributed by atoms with E-state index >= 15 is 0 Å². The molecule has 20 heteroatoms. The van der Waals surface area contributed by atoms with Gasteiger partial charge in [-0.15, -0.1) is 0 Å². The van der Waals surface area contributed by atoms with Gasteiger partial charge in [-0.05, 0) is 158 Å². The van der Waals surface area contributed by atoms with Crippen molar-refractivity contribution in [2.24, 2.45) is 0 Å². The topological polar surface area (TPSA) is 214 Å². The molecule has 2 aromatic heterocycles. The third kappa shape index (κ3) is 10.8. The molecule has 0 aromatic carbocycles. The smallest absolute Gasteiger partial charge is 0.322 e. The van der Waals surface area contributed by atoms with Gasteiger partial charge >= 0.3 is 12.0 Å². The third-order valence-corrected chi connectivity index (χ3v) is 15.0. The predicted molar refractivity (Wildman–Crippen MR) is 239 cm³/mol. The van der Waals surface area contributed by atoms with Crippen LogP contribution in [-0.2, 0) is 0 Å². The van der Waals surface area contributed by atoms with Crippen LogP contribution in [0.3, 0.4) is 0 Å². The summed E-state index contributed by atoms with van der Waals surface area (Å²) in [6.07, 6.45) is 4.22. The zero-order valence-electron chi connectivity index (χ0n) is 39.9. The first kappa shape index (κ1) is 49.0. The van der Waals surface area contributed by atoms with Crippen LogP contribution in [0.15, 0.2) is 10.3 Å². The maximum atomic E-state index is 11.0. The van der Waals surface area contributed by atoms with E-state index in [-0.39, 0.29) is 36.3 Å². The zero-order valence-corrected chi connectivity index (χ0v) is 41.5. The molecule has 0 aliphatic carbocycles. The van der Waals surface area contributed by atoms with E-state index in [1.807, 2.05) is 111 Å². The first-order valence-electron chi connectivity index (χ1n) is 21.9. The van der Waals surface area contributed by atoms with Crippen LogP contribution in [0.5, 0.6) is 12.0 Å². The van der Waals surface area contributed by atoms with Gasteiger partial charge < -0.3 is 40.9 Å². The number of hydrogen-bond acceptors (Lipinski definition) is 20. The molecular weight excluding hydrogens is 833 g/mol. The molecule has 6 N–H and O–H groups in total. The van der Waals surface area contributed by atoms with Crippen molar-refractivity contribution in [2.75, 3.05) is 10.6 Å². The molecule has 4 aliphatic rings. The fraction of sp³-hybridized carbons (Fsp3) is 0.857. The number of nitrogens with zero attached hydrogens (tertiary/aromatic N) is 10. The summed E-state index contributed by atoms with van der Waals surface area (Å²) in [5, 5.41) is 57.5. The third-order valence-electron chi connectivity index (χ3n) is 13.1. The largest absolute Gasteiger partial charge is 0.460 e. The monoisotopic (exact) mass is 907 g/mol. The van der Waals surface area contributed by atoms with Crippen LogP contribution in [-0.4, -0.2) is 140 Å². The van der Waals surface area contributed by atoms with Gasteiger partial charge in [-0.2, -0.15) is 50.2 Å². The minimum Gasteiger partial charge on any atom is -0.460 e. The molecule has 0 bridgehead atoms. The summed E-state index contributed by atoms with van der Waals surface area (Å²) in [6.45, 7) is 32.1. The molecule has 0 atom stereocenters. The molecular formula is C42H74N12O6S2. The van der Waals surface area contributed by atoms with E-state index in [1.165, 1.54) is 41.8 Å². The van der Waals surface area contributed by atoms with Gasteiger partial charge in [0.2, 0.25) is 22.2 Å². The highest BCUT2D eigenvalue weighted by Crippen LogP contribution is 2.43. The average Bonchev–Trinajstić information content (AvgIpc) is 3.09. The quantitative estimate of drug-likeness (QED) is 0.118. The highest BCUT2D eigenvalue weighted by Gasteiger charge is 2.49. The molecule has 4 fully saturated rings. The van der Waals surface area contributed by atoms with Gasteiger partial charge in [-0.1, -0.05) is 0 Å². The molecule has 2 aromatic rings. The summed E-state index contributed by atoms with van der Waals surface area (Å²) in [6, 6.07) is 0.206. The number of hydrogen-bond donors (Lipinski definition) is 6. The molecule has 0 saturated carbocycles. The number of piperidine rings is 4. The number of nitrogens with one attached hydrogen (secondary N) is 2. The molecule has 62 heavy (non-hydrogen) atoms. The average molecular weight is 907 g/mol. The van der Waals surface area contributed by atoms with Crippen LogP contribution >= 0.6 is 21.6 Å². The fourth-order valence-corrected chi connectivity index (χ4v) is 12.5. The van der Waals surface area contributed by atoms with Crippen LogP contribution in [0.4, 0.5) is 11.9 Å². The fourth-order valence-electron chi connectivity index (χ4n) is 11.0. The Morgan fingerprint density at radius 2 is 0.645 bits per heavy atom. The van der Waals surface area contributed by atoms with Crippen LogP contribution < -0.4 is 20.1 Å².